The second kappa shape index (κ2) is 8.55. The summed E-state index contributed by atoms with van der Waals surface area (Å²) in [4.78, 5) is 9.82. The van der Waals surface area contributed by atoms with Gasteiger partial charge in [-0.05, 0) is 35.4 Å². The summed E-state index contributed by atoms with van der Waals surface area (Å²) in [5.74, 6) is 0.698. The van der Waals surface area contributed by atoms with Gasteiger partial charge in [0.15, 0.2) is 5.82 Å². The van der Waals surface area contributed by atoms with Crippen LogP contribution in [0.1, 0.15) is 0 Å². The Morgan fingerprint density at radius 2 is 0.935 bits per heavy atom. The fraction of sp³-hybridized carbons (Fsp3) is 0. The van der Waals surface area contributed by atoms with E-state index in [2.05, 4.69) is 48.5 Å². The van der Waals surface area contributed by atoms with Crippen LogP contribution in [-0.4, -0.2) is 9.97 Å². The summed E-state index contributed by atoms with van der Waals surface area (Å²) in [6, 6.07) is 38.7. The van der Waals surface area contributed by atoms with Crippen molar-refractivity contribution in [2.24, 2.45) is 0 Å². The standard InChI is InChI=1S/C28H19ClN2/c29-25-16-14-22(15-17-25)27-19-26(21-10-5-2-6-11-21)30-28(31-27)24-13-7-12-23(18-24)20-8-3-1-4-9-20/h1-19H. The number of nitrogens with zero attached hydrogens (tertiary/aromatic N) is 2. The van der Waals surface area contributed by atoms with Crippen LogP contribution in [-0.2, 0) is 0 Å². The van der Waals surface area contributed by atoms with E-state index in [-0.39, 0.29) is 0 Å². The molecule has 3 heteroatoms. The zero-order valence-electron chi connectivity index (χ0n) is 16.7. The van der Waals surface area contributed by atoms with Gasteiger partial charge in [0.2, 0.25) is 0 Å². The van der Waals surface area contributed by atoms with E-state index >= 15 is 0 Å². The molecule has 1 heterocycles. The molecule has 0 N–H and O–H groups in total. The monoisotopic (exact) mass is 418 g/mol. The normalized spacial score (nSPS) is 10.7. The second-order valence-corrected chi connectivity index (χ2v) is 7.72. The van der Waals surface area contributed by atoms with Crippen LogP contribution in [0.5, 0.6) is 0 Å². The maximum Gasteiger partial charge on any atom is 0.160 e. The maximum absolute atomic E-state index is 6.10. The Morgan fingerprint density at radius 1 is 0.419 bits per heavy atom. The summed E-state index contributed by atoms with van der Waals surface area (Å²) in [6.45, 7) is 0. The van der Waals surface area contributed by atoms with Gasteiger partial charge in [0.25, 0.3) is 0 Å². The highest BCUT2D eigenvalue weighted by atomic mass is 35.5. The summed E-state index contributed by atoms with van der Waals surface area (Å²) in [6.07, 6.45) is 0. The first-order valence-electron chi connectivity index (χ1n) is 10.1. The molecule has 0 aliphatic rings. The van der Waals surface area contributed by atoms with Crippen LogP contribution in [0.25, 0.3) is 45.0 Å². The van der Waals surface area contributed by atoms with Crippen molar-refractivity contribution in [2.45, 2.75) is 0 Å². The van der Waals surface area contributed by atoms with Crippen LogP contribution in [0.3, 0.4) is 0 Å². The Bertz CT molecular complexity index is 1310. The molecule has 0 saturated heterocycles. The van der Waals surface area contributed by atoms with E-state index in [0.717, 1.165) is 33.6 Å². The van der Waals surface area contributed by atoms with Crippen LogP contribution in [0, 0.1) is 0 Å². The lowest BCUT2D eigenvalue weighted by Gasteiger charge is -2.10. The number of benzene rings is 4. The molecule has 0 spiro atoms. The highest BCUT2D eigenvalue weighted by molar-refractivity contribution is 6.30. The van der Waals surface area contributed by atoms with Gasteiger partial charge in [-0.25, -0.2) is 9.97 Å². The van der Waals surface area contributed by atoms with Gasteiger partial charge in [-0.3, -0.25) is 0 Å². The summed E-state index contributed by atoms with van der Waals surface area (Å²) in [5, 5.41) is 0.705. The quantitative estimate of drug-likeness (QED) is 0.297. The topological polar surface area (TPSA) is 25.8 Å². The van der Waals surface area contributed by atoms with Gasteiger partial charge in [0, 0.05) is 21.7 Å². The molecule has 148 valence electrons. The fourth-order valence-corrected chi connectivity index (χ4v) is 3.70. The third kappa shape index (κ3) is 4.25. The van der Waals surface area contributed by atoms with E-state index < -0.39 is 0 Å². The summed E-state index contributed by atoms with van der Waals surface area (Å²) in [7, 11) is 0. The first-order chi connectivity index (χ1) is 15.3. The molecule has 0 fully saturated rings. The molecular weight excluding hydrogens is 400 g/mol. The van der Waals surface area contributed by atoms with Crippen molar-refractivity contribution in [3.05, 3.63) is 120 Å². The lowest BCUT2D eigenvalue weighted by Crippen LogP contribution is -1.96. The highest BCUT2D eigenvalue weighted by Crippen LogP contribution is 2.30. The number of rotatable bonds is 4. The molecule has 0 bridgehead atoms. The predicted molar refractivity (Wildman–Crippen MR) is 129 cm³/mol. The van der Waals surface area contributed by atoms with E-state index in [0.29, 0.717) is 10.8 Å². The van der Waals surface area contributed by atoms with Gasteiger partial charge in [0.05, 0.1) is 11.4 Å². The van der Waals surface area contributed by atoms with Crippen LogP contribution in [0.15, 0.2) is 115 Å². The summed E-state index contributed by atoms with van der Waals surface area (Å²) in [5.41, 5.74) is 7.10. The molecule has 0 saturated carbocycles. The van der Waals surface area contributed by atoms with Crippen molar-refractivity contribution in [3.8, 4) is 45.0 Å². The minimum atomic E-state index is 0.698. The summed E-state index contributed by atoms with van der Waals surface area (Å²) >= 11 is 6.10. The Morgan fingerprint density at radius 3 is 1.58 bits per heavy atom. The fourth-order valence-electron chi connectivity index (χ4n) is 3.57. The molecule has 31 heavy (non-hydrogen) atoms. The second-order valence-electron chi connectivity index (χ2n) is 7.28. The Balaban J connectivity index is 1.66. The van der Waals surface area contributed by atoms with Crippen molar-refractivity contribution in [1.82, 2.24) is 9.97 Å². The summed E-state index contributed by atoms with van der Waals surface area (Å²) < 4.78 is 0. The number of hydrogen-bond donors (Lipinski definition) is 0. The van der Waals surface area contributed by atoms with Crippen molar-refractivity contribution in [1.29, 1.82) is 0 Å². The van der Waals surface area contributed by atoms with Gasteiger partial charge in [0.1, 0.15) is 0 Å². The molecule has 0 amide bonds. The lowest BCUT2D eigenvalue weighted by atomic mass is 10.0. The predicted octanol–water partition coefficient (Wildman–Crippen LogP) is 7.80. The molecule has 0 atom stereocenters. The SMILES string of the molecule is Clc1ccc(-c2cc(-c3ccccc3)nc(-c3cccc(-c4ccccc4)c3)n2)cc1. The minimum Gasteiger partial charge on any atom is -0.228 e. The Hall–Kier alpha value is -3.75. The van der Waals surface area contributed by atoms with Crippen molar-refractivity contribution >= 4 is 11.6 Å². The first-order valence-corrected chi connectivity index (χ1v) is 10.5. The molecular formula is C28H19ClN2. The minimum absolute atomic E-state index is 0.698. The van der Waals surface area contributed by atoms with E-state index in [1.54, 1.807) is 0 Å². The largest absolute Gasteiger partial charge is 0.228 e. The average Bonchev–Trinajstić information content (AvgIpc) is 2.85. The van der Waals surface area contributed by atoms with Crippen molar-refractivity contribution < 1.29 is 0 Å². The number of hydrogen-bond acceptors (Lipinski definition) is 2. The van der Waals surface area contributed by atoms with Crippen LogP contribution < -0.4 is 0 Å². The molecule has 4 aromatic carbocycles. The third-order valence-corrected chi connectivity index (χ3v) is 5.42. The van der Waals surface area contributed by atoms with E-state index in [4.69, 9.17) is 21.6 Å². The Labute approximate surface area is 186 Å². The molecule has 5 aromatic rings. The van der Waals surface area contributed by atoms with E-state index in [9.17, 15) is 0 Å². The van der Waals surface area contributed by atoms with E-state index in [1.807, 2.05) is 66.7 Å². The lowest BCUT2D eigenvalue weighted by molar-refractivity contribution is 1.18. The van der Waals surface area contributed by atoms with Gasteiger partial charge in [-0.15, -0.1) is 0 Å². The molecule has 0 unspecified atom stereocenters. The Kier molecular flexibility index (Phi) is 5.30. The average molecular weight is 419 g/mol. The van der Waals surface area contributed by atoms with Crippen molar-refractivity contribution in [2.75, 3.05) is 0 Å². The number of halogens is 1. The maximum atomic E-state index is 6.10. The van der Waals surface area contributed by atoms with Crippen molar-refractivity contribution in [3.63, 3.8) is 0 Å². The van der Waals surface area contributed by atoms with Gasteiger partial charge >= 0.3 is 0 Å². The zero-order valence-corrected chi connectivity index (χ0v) is 17.5. The molecule has 1 aromatic heterocycles. The van der Waals surface area contributed by atoms with Crippen LogP contribution in [0.4, 0.5) is 0 Å². The van der Waals surface area contributed by atoms with Crippen LogP contribution >= 0.6 is 11.6 Å². The zero-order chi connectivity index (χ0) is 21.0. The molecule has 5 rings (SSSR count). The van der Waals surface area contributed by atoms with E-state index in [1.165, 1.54) is 5.56 Å². The first kappa shape index (κ1) is 19.2. The molecule has 2 nitrogen and oxygen atoms in total. The highest BCUT2D eigenvalue weighted by Gasteiger charge is 2.11. The molecule has 0 aliphatic carbocycles. The van der Waals surface area contributed by atoms with Gasteiger partial charge in [-0.1, -0.05) is 103 Å². The van der Waals surface area contributed by atoms with Gasteiger partial charge < -0.3 is 0 Å². The molecule has 0 radical (unpaired) electrons. The molecule has 0 aliphatic heterocycles. The number of aromatic nitrogens is 2. The smallest absolute Gasteiger partial charge is 0.160 e. The van der Waals surface area contributed by atoms with Crippen LogP contribution in [0.2, 0.25) is 5.02 Å². The van der Waals surface area contributed by atoms with Gasteiger partial charge in [-0.2, -0.15) is 0 Å². The third-order valence-electron chi connectivity index (χ3n) is 5.16.